The Morgan fingerprint density at radius 3 is 2.26 bits per heavy atom. The molecule has 0 aromatic heterocycles. The van der Waals surface area contributed by atoms with Crippen molar-refractivity contribution in [2.24, 2.45) is 0 Å². The summed E-state index contributed by atoms with van der Waals surface area (Å²) in [4.78, 5) is 0. The first-order chi connectivity index (χ1) is 18.4. The number of rotatable bonds is 6. The first-order valence-electron chi connectivity index (χ1n) is 12.7. The van der Waals surface area contributed by atoms with Crippen LogP contribution in [0.2, 0.25) is 0 Å². The molecule has 38 heavy (non-hydrogen) atoms. The summed E-state index contributed by atoms with van der Waals surface area (Å²) in [7, 11) is 6.46. The Hall–Kier alpha value is -3.82. The van der Waals surface area contributed by atoms with Gasteiger partial charge in [0.2, 0.25) is 5.75 Å². The highest BCUT2D eigenvalue weighted by atomic mass is 16.5. The van der Waals surface area contributed by atoms with Crippen LogP contribution in [-0.4, -0.2) is 56.8 Å². The van der Waals surface area contributed by atoms with Gasteiger partial charge in [-0.05, 0) is 48.7 Å². The van der Waals surface area contributed by atoms with Gasteiger partial charge in [0.15, 0.2) is 11.5 Å². The van der Waals surface area contributed by atoms with Gasteiger partial charge in [-0.25, -0.2) is 0 Å². The summed E-state index contributed by atoms with van der Waals surface area (Å²) in [5, 5.41) is 40.1. The van der Waals surface area contributed by atoms with Gasteiger partial charge in [-0.15, -0.1) is 0 Å². The zero-order valence-electron chi connectivity index (χ0n) is 21.8. The van der Waals surface area contributed by atoms with E-state index in [0.717, 1.165) is 44.6 Å². The standard InChI is InChI=1S/C29H32N2O7/c1-30-11-18-27-19(32)10-20(35-2)14-5-6-15-24(26(14)27)17(31-18)9-21-25(15)28(33)16(12-38-21)13-7-22(36-3)29(34)23(8-13)37-4/h7-10,16,18,28,30-34H,5-6,11-12H2,1-4H3/t16-,18+,28-/m0/s1. The van der Waals surface area contributed by atoms with E-state index in [1.54, 1.807) is 25.3 Å². The fourth-order valence-corrected chi connectivity index (χ4v) is 6.35. The molecule has 0 saturated heterocycles. The fourth-order valence-electron chi connectivity index (χ4n) is 6.35. The average Bonchev–Trinajstić information content (AvgIpc) is 2.92. The number of aliphatic hydroxyl groups is 1. The van der Waals surface area contributed by atoms with Crippen LogP contribution < -0.4 is 29.6 Å². The molecule has 0 radical (unpaired) electrons. The number of hydrogen-bond acceptors (Lipinski definition) is 9. The maximum atomic E-state index is 11.8. The predicted octanol–water partition coefficient (Wildman–Crippen LogP) is 3.78. The Morgan fingerprint density at radius 2 is 1.61 bits per heavy atom. The Labute approximate surface area is 220 Å². The molecule has 0 bridgehead atoms. The molecule has 2 heterocycles. The Bertz CT molecular complexity index is 1410. The van der Waals surface area contributed by atoms with Crippen LogP contribution >= 0.6 is 0 Å². The van der Waals surface area contributed by atoms with E-state index in [1.165, 1.54) is 14.2 Å². The lowest BCUT2D eigenvalue weighted by atomic mass is 9.73. The van der Waals surface area contributed by atoms with Crippen LogP contribution in [0.5, 0.6) is 34.5 Å². The molecule has 2 aliphatic heterocycles. The third-order valence-electron chi connectivity index (χ3n) is 8.06. The zero-order valence-corrected chi connectivity index (χ0v) is 21.8. The lowest BCUT2D eigenvalue weighted by Gasteiger charge is -2.40. The number of hydrogen-bond donors (Lipinski definition) is 5. The molecule has 0 saturated carbocycles. The summed E-state index contributed by atoms with van der Waals surface area (Å²) in [5.74, 6) is 1.54. The average molecular weight is 521 g/mol. The molecule has 9 nitrogen and oxygen atoms in total. The summed E-state index contributed by atoms with van der Waals surface area (Å²) in [6, 6.07) is 6.94. The maximum Gasteiger partial charge on any atom is 0.200 e. The monoisotopic (exact) mass is 520 g/mol. The molecule has 9 heteroatoms. The van der Waals surface area contributed by atoms with Gasteiger partial charge < -0.3 is 44.9 Å². The Balaban J connectivity index is 1.53. The van der Waals surface area contributed by atoms with Crippen LogP contribution in [0.25, 0.3) is 11.1 Å². The molecular weight excluding hydrogens is 488 g/mol. The lowest BCUT2D eigenvalue weighted by molar-refractivity contribution is 0.0878. The first kappa shape index (κ1) is 24.5. The summed E-state index contributed by atoms with van der Waals surface area (Å²) in [6.45, 7) is 0.869. The molecule has 3 aliphatic rings. The van der Waals surface area contributed by atoms with Gasteiger partial charge in [0.05, 0.1) is 40.1 Å². The summed E-state index contributed by atoms with van der Waals surface area (Å²) < 4.78 is 22.7. The van der Waals surface area contributed by atoms with Crippen LogP contribution in [0.1, 0.15) is 45.9 Å². The molecule has 0 unspecified atom stereocenters. The number of ether oxygens (including phenoxy) is 4. The number of aliphatic hydroxyl groups excluding tert-OH is 1. The Kier molecular flexibility index (Phi) is 5.92. The third-order valence-corrected chi connectivity index (χ3v) is 8.06. The van der Waals surface area contributed by atoms with Crippen molar-refractivity contribution in [3.63, 3.8) is 0 Å². The van der Waals surface area contributed by atoms with E-state index in [2.05, 4.69) is 10.6 Å². The molecule has 200 valence electrons. The highest BCUT2D eigenvalue weighted by Crippen LogP contribution is 2.57. The highest BCUT2D eigenvalue weighted by Gasteiger charge is 2.41. The number of likely N-dealkylation sites (N-methyl/N-ethyl adjacent to an activating group) is 1. The number of fused-ring (bicyclic) bond motifs is 2. The number of phenolic OH excluding ortho intramolecular Hbond substituents is 2. The molecular formula is C29H32N2O7. The number of nitrogens with one attached hydrogen (secondary N) is 2. The van der Waals surface area contributed by atoms with Crippen molar-refractivity contribution in [3.8, 4) is 45.6 Å². The number of phenols is 2. The number of methoxy groups -OCH3 is 3. The summed E-state index contributed by atoms with van der Waals surface area (Å²) in [5.41, 5.74) is 7.25. The quantitative estimate of drug-likeness (QED) is 0.331. The van der Waals surface area contributed by atoms with E-state index >= 15 is 0 Å². The lowest BCUT2D eigenvalue weighted by Crippen LogP contribution is -2.31. The first-order valence-corrected chi connectivity index (χ1v) is 12.7. The third kappa shape index (κ3) is 3.45. The fraction of sp³-hybridized carbons (Fsp3) is 0.379. The van der Waals surface area contributed by atoms with Crippen LogP contribution in [0.15, 0.2) is 24.3 Å². The normalized spacial score (nSPS) is 20.5. The summed E-state index contributed by atoms with van der Waals surface area (Å²) >= 11 is 0. The second-order valence-electron chi connectivity index (χ2n) is 9.95. The largest absolute Gasteiger partial charge is 0.507 e. The van der Waals surface area contributed by atoms with Crippen molar-refractivity contribution in [2.45, 2.75) is 30.9 Å². The summed E-state index contributed by atoms with van der Waals surface area (Å²) in [6.07, 6.45) is 0.531. The van der Waals surface area contributed by atoms with Crippen molar-refractivity contribution in [1.82, 2.24) is 5.32 Å². The number of anilines is 1. The molecule has 3 aromatic rings. The van der Waals surface area contributed by atoms with Gasteiger partial charge in [0, 0.05) is 52.5 Å². The molecule has 0 spiro atoms. The van der Waals surface area contributed by atoms with Crippen molar-refractivity contribution < 1.29 is 34.3 Å². The van der Waals surface area contributed by atoms with E-state index in [-0.39, 0.29) is 35.6 Å². The molecule has 6 rings (SSSR count). The molecule has 0 amide bonds. The van der Waals surface area contributed by atoms with Crippen molar-refractivity contribution in [2.75, 3.05) is 46.8 Å². The topological polar surface area (TPSA) is 122 Å². The van der Waals surface area contributed by atoms with Crippen LogP contribution in [-0.2, 0) is 12.8 Å². The maximum absolute atomic E-state index is 11.8. The van der Waals surface area contributed by atoms with E-state index < -0.39 is 12.0 Å². The van der Waals surface area contributed by atoms with Crippen molar-refractivity contribution >= 4 is 5.69 Å². The van der Waals surface area contributed by atoms with E-state index in [4.69, 9.17) is 18.9 Å². The van der Waals surface area contributed by atoms with Gasteiger partial charge in [0.25, 0.3) is 0 Å². The van der Waals surface area contributed by atoms with Gasteiger partial charge in [0.1, 0.15) is 17.2 Å². The molecule has 5 N–H and O–H groups in total. The number of benzene rings is 3. The minimum Gasteiger partial charge on any atom is -0.507 e. The van der Waals surface area contributed by atoms with Gasteiger partial charge in [-0.1, -0.05) is 0 Å². The SMILES string of the molecule is CNC[C@H]1Nc2cc3c(c4c2-c2c(c(OC)cc(O)c21)CC4)[C@@H](O)[C@H](c1cc(OC)c(O)c(OC)c1)CO3. The molecule has 1 aliphatic carbocycles. The zero-order chi connectivity index (χ0) is 26.7. The Morgan fingerprint density at radius 1 is 0.921 bits per heavy atom. The van der Waals surface area contributed by atoms with Crippen LogP contribution in [0, 0.1) is 0 Å². The second kappa shape index (κ2) is 9.18. The van der Waals surface area contributed by atoms with Gasteiger partial charge >= 0.3 is 0 Å². The van der Waals surface area contributed by atoms with E-state index in [0.29, 0.717) is 30.9 Å². The predicted molar refractivity (Wildman–Crippen MR) is 142 cm³/mol. The highest BCUT2D eigenvalue weighted by molar-refractivity contribution is 5.94. The van der Waals surface area contributed by atoms with Crippen molar-refractivity contribution in [3.05, 3.63) is 52.1 Å². The van der Waals surface area contributed by atoms with Crippen molar-refractivity contribution in [1.29, 1.82) is 0 Å². The smallest absolute Gasteiger partial charge is 0.200 e. The van der Waals surface area contributed by atoms with Gasteiger partial charge in [-0.2, -0.15) is 0 Å². The number of aromatic hydroxyl groups is 2. The van der Waals surface area contributed by atoms with Gasteiger partial charge in [-0.3, -0.25) is 0 Å². The minimum atomic E-state index is -0.864. The molecule has 3 aromatic carbocycles. The van der Waals surface area contributed by atoms with Crippen LogP contribution in [0.3, 0.4) is 0 Å². The van der Waals surface area contributed by atoms with E-state index in [1.807, 2.05) is 13.1 Å². The molecule has 0 fully saturated rings. The van der Waals surface area contributed by atoms with Crippen LogP contribution in [0.4, 0.5) is 5.69 Å². The second-order valence-corrected chi connectivity index (χ2v) is 9.95. The minimum absolute atomic E-state index is 0.0883. The molecule has 3 atom stereocenters. The van der Waals surface area contributed by atoms with E-state index in [9.17, 15) is 15.3 Å².